The number of benzene rings is 5. The van der Waals surface area contributed by atoms with Crippen molar-refractivity contribution >= 4 is 68.3 Å². The molecule has 0 fully saturated rings. The summed E-state index contributed by atoms with van der Waals surface area (Å²) in [5.74, 6) is 4.34. The Morgan fingerprint density at radius 1 is 0.551 bits per heavy atom. The third-order valence-corrected chi connectivity index (χ3v) is 11.7. The highest BCUT2D eigenvalue weighted by atomic mass is 32.2. The van der Waals surface area contributed by atoms with Crippen LogP contribution < -0.4 is 11.0 Å². The van der Waals surface area contributed by atoms with E-state index < -0.39 is 5.91 Å². The van der Waals surface area contributed by atoms with Gasteiger partial charge in [0.15, 0.2) is 0 Å². The van der Waals surface area contributed by atoms with Crippen molar-refractivity contribution in [2.24, 2.45) is 20.0 Å². The lowest BCUT2D eigenvalue weighted by atomic mass is 10.1. The number of nitrogens with zero attached hydrogens (tertiary/aromatic N) is 8. The van der Waals surface area contributed by atoms with Crippen LogP contribution in [0.15, 0.2) is 145 Å². The second-order valence-corrected chi connectivity index (χ2v) is 14.3. The Bertz CT molecular complexity index is 3040. The van der Waals surface area contributed by atoms with Crippen LogP contribution in [0.5, 0.6) is 0 Å². The van der Waals surface area contributed by atoms with Crippen LogP contribution in [0.4, 0.5) is 11.6 Å². The van der Waals surface area contributed by atoms with Crippen LogP contribution >= 0.6 is 11.8 Å². The van der Waals surface area contributed by atoms with Crippen molar-refractivity contribution in [1.82, 2.24) is 9.13 Å². The van der Waals surface area contributed by atoms with Gasteiger partial charge in [-0.05, 0) is 73.2 Å². The summed E-state index contributed by atoms with van der Waals surface area (Å²) in [5, 5.41) is 4.34. The first kappa shape index (κ1) is 24.9. The van der Waals surface area contributed by atoms with Gasteiger partial charge in [0.1, 0.15) is 0 Å². The predicted molar refractivity (Wildman–Crippen MR) is 189 cm³/mol. The summed E-state index contributed by atoms with van der Waals surface area (Å²) >= 11 is 1.78. The van der Waals surface area contributed by atoms with Crippen LogP contribution in [-0.2, 0) is 5.91 Å². The van der Waals surface area contributed by atoms with Crippen molar-refractivity contribution in [1.29, 1.82) is 0 Å². The molecule has 0 amide bonds. The molecule has 7 aromatic rings. The summed E-state index contributed by atoms with van der Waals surface area (Å²) in [5.41, 5.74) is 7.25. The monoisotopic (exact) mass is 646 g/mol. The third-order valence-electron chi connectivity index (χ3n) is 10.7. The van der Waals surface area contributed by atoms with Gasteiger partial charge in [-0.25, -0.2) is 0 Å². The van der Waals surface area contributed by atoms with E-state index in [1.54, 1.807) is 11.8 Å². The number of hydrogen-bond donors (Lipinski definition) is 0. The first-order valence-electron chi connectivity index (χ1n) is 16.4. The van der Waals surface area contributed by atoms with Gasteiger partial charge in [-0.1, -0.05) is 86.3 Å². The van der Waals surface area contributed by atoms with E-state index in [4.69, 9.17) is 20.0 Å². The SMILES string of the molecule is Cc1cc(Sc2ccccc2)c2c3n4c(c2c1)N=C1c2ccccc2C2=[N+]1[C@]41n4c(c5ccccc5c4=NC4=[N+]1C(=N3)c1ccccc14)=N2. The average Bonchev–Trinajstić information content (AvgIpc) is 3.85. The first-order valence-corrected chi connectivity index (χ1v) is 17.2. The average molecular weight is 647 g/mol. The standard InChI is InChI=1S/C40H22N8S/c1-21-19-29-31(30(20-21)49-22-11-3-2-4-12-22)39-44-37-28-18-10-9-17-27(28)35-42-33-24-14-6-5-13-23(24)32-41-34-25-15-7-8-16-26(25)36-43-38(29)48(39)40(45(32)33,46(34)36)47(35)37/h2-20H,1H3/q+2/t40-/m0/s1. The predicted octanol–water partition coefficient (Wildman–Crippen LogP) is 6.17. The van der Waals surface area contributed by atoms with E-state index >= 15 is 0 Å². The summed E-state index contributed by atoms with van der Waals surface area (Å²) in [7, 11) is 0. The molecule has 49 heavy (non-hydrogen) atoms. The maximum atomic E-state index is 5.64. The number of hydrogen-bond acceptors (Lipinski definition) is 5. The van der Waals surface area contributed by atoms with Crippen molar-refractivity contribution in [2.45, 2.75) is 22.6 Å². The fourth-order valence-electron chi connectivity index (χ4n) is 8.85. The highest BCUT2D eigenvalue weighted by Gasteiger charge is 2.69. The maximum Gasteiger partial charge on any atom is 0.404 e. The second-order valence-electron chi connectivity index (χ2n) is 13.2. The van der Waals surface area contributed by atoms with Gasteiger partial charge in [-0.2, -0.15) is 9.13 Å². The first-order chi connectivity index (χ1) is 24.2. The molecular weight excluding hydrogens is 625 g/mol. The fraction of sp³-hybridized carbons (Fsp3) is 0.0500. The Morgan fingerprint density at radius 2 is 1.10 bits per heavy atom. The quantitative estimate of drug-likeness (QED) is 0.208. The molecule has 0 saturated carbocycles. The molecule has 226 valence electrons. The number of rotatable bonds is 2. The molecular formula is C40H22N8S+2. The minimum Gasteiger partial charge on any atom is -0.192 e. The molecule has 1 spiro atoms. The summed E-state index contributed by atoms with van der Waals surface area (Å²) in [6, 6.07) is 40.8. The van der Waals surface area contributed by atoms with Crippen LogP contribution in [0.25, 0.3) is 21.5 Å². The number of aliphatic imine (C=N–C) groups is 2. The number of amidine groups is 4. The van der Waals surface area contributed by atoms with Gasteiger partial charge in [-0.3, -0.25) is 0 Å². The van der Waals surface area contributed by atoms with Gasteiger partial charge in [0.2, 0.25) is 22.6 Å². The maximum absolute atomic E-state index is 5.64. The normalized spacial score (nSPS) is 19.3. The second kappa shape index (κ2) is 8.08. The minimum atomic E-state index is -0.990. The summed E-state index contributed by atoms with van der Waals surface area (Å²) in [6.45, 7) is 2.18. The molecule has 1 atom stereocenters. The zero-order valence-corrected chi connectivity index (χ0v) is 26.8. The smallest absolute Gasteiger partial charge is 0.192 e. The lowest BCUT2D eigenvalue weighted by Gasteiger charge is -2.40. The van der Waals surface area contributed by atoms with Crippen LogP contribution in [-0.4, -0.2) is 41.6 Å². The van der Waals surface area contributed by atoms with Crippen LogP contribution in [0.1, 0.15) is 27.8 Å². The Balaban J connectivity index is 1.31. The molecule has 0 radical (unpaired) electrons. The van der Waals surface area contributed by atoms with E-state index in [-0.39, 0.29) is 0 Å². The van der Waals surface area contributed by atoms with E-state index in [0.717, 1.165) is 94.6 Å². The van der Waals surface area contributed by atoms with Crippen molar-refractivity contribution in [3.05, 3.63) is 154 Å². The Morgan fingerprint density at radius 3 is 1.73 bits per heavy atom. The van der Waals surface area contributed by atoms with Crippen molar-refractivity contribution in [2.75, 3.05) is 0 Å². The van der Waals surface area contributed by atoms with Crippen molar-refractivity contribution in [3.63, 3.8) is 0 Å². The lowest BCUT2D eigenvalue weighted by Crippen LogP contribution is -2.71. The third kappa shape index (κ3) is 2.63. The van der Waals surface area contributed by atoms with E-state index in [0.29, 0.717) is 0 Å². The molecule has 8 heterocycles. The van der Waals surface area contributed by atoms with Gasteiger partial charge in [0.25, 0.3) is 23.3 Å². The Labute approximate surface area is 282 Å². The zero-order chi connectivity index (χ0) is 31.7. The number of fused-ring (bicyclic) bond motifs is 12. The summed E-state index contributed by atoms with van der Waals surface area (Å²) < 4.78 is 9.45. The molecule has 0 N–H and O–H groups in total. The van der Waals surface area contributed by atoms with E-state index in [1.165, 1.54) is 10.5 Å². The highest BCUT2D eigenvalue weighted by molar-refractivity contribution is 7.99. The number of aryl methyl sites for hydroxylation is 1. The van der Waals surface area contributed by atoms with Crippen LogP contribution in [0.2, 0.25) is 0 Å². The van der Waals surface area contributed by atoms with E-state index in [9.17, 15) is 0 Å². The van der Waals surface area contributed by atoms with Gasteiger partial charge in [0.05, 0.1) is 27.6 Å². The molecule has 13 rings (SSSR count). The Hall–Kier alpha value is -6.19. The lowest BCUT2D eigenvalue weighted by molar-refractivity contribution is -0.790. The molecule has 0 saturated heterocycles. The molecule has 2 aromatic heterocycles. The molecule has 6 aliphatic rings. The van der Waals surface area contributed by atoms with Crippen molar-refractivity contribution in [3.8, 4) is 0 Å². The van der Waals surface area contributed by atoms with Gasteiger partial charge >= 0.3 is 5.91 Å². The van der Waals surface area contributed by atoms with Gasteiger partial charge in [-0.15, -0.1) is 9.15 Å². The number of aromatic nitrogens is 2. The minimum absolute atomic E-state index is 0.886. The van der Waals surface area contributed by atoms with Gasteiger partial charge in [0, 0.05) is 25.9 Å². The zero-order valence-electron chi connectivity index (χ0n) is 26.0. The van der Waals surface area contributed by atoms with Crippen LogP contribution in [0.3, 0.4) is 0 Å². The molecule has 0 bridgehead atoms. The highest BCUT2D eigenvalue weighted by Crippen LogP contribution is 2.54. The fourth-order valence-corrected chi connectivity index (χ4v) is 9.94. The molecule has 9 heteroatoms. The van der Waals surface area contributed by atoms with E-state index in [1.807, 2.05) is 0 Å². The summed E-state index contributed by atoms with van der Waals surface area (Å²) in [6.07, 6.45) is 0. The molecule has 6 aliphatic heterocycles. The molecule has 5 aromatic carbocycles. The molecule has 8 nitrogen and oxygen atoms in total. The molecule has 0 unspecified atom stereocenters. The van der Waals surface area contributed by atoms with E-state index in [2.05, 4.69) is 140 Å². The van der Waals surface area contributed by atoms with Gasteiger partial charge < -0.3 is 0 Å². The Kier molecular flexibility index (Phi) is 4.11. The topological polar surface area (TPSA) is 65.3 Å². The van der Waals surface area contributed by atoms with Crippen LogP contribution in [0, 0.1) is 6.92 Å². The summed E-state index contributed by atoms with van der Waals surface area (Å²) in [4.78, 5) is 24.6. The van der Waals surface area contributed by atoms with Crippen molar-refractivity contribution < 1.29 is 9.15 Å². The largest absolute Gasteiger partial charge is 0.404 e. The molecule has 0 aliphatic carbocycles.